The molecule has 4 unspecified atom stereocenters. The van der Waals surface area contributed by atoms with Crippen LogP contribution in [0.15, 0.2) is 30.3 Å². The van der Waals surface area contributed by atoms with Crippen molar-refractivity contribution in [3.63, 3.8) is 0 Å². The molecule has 22 heavy (non-hydrogen) atoms. The summed E-state index contributed by atoms with van der Waals surface area (Å²) < 4.78 is 5.60. The number of rotatable bonds is 5. The Labute approximate surface area is 133 Å². The van der Waals surface area contributed by atoms with Crippen molar-refractivity contribution in [3.05, 3.63) is 35.9 Å². The Bertz CT molecular complexity index is 529. The topological polar surface area (TPSA) is 64.3 Å². The van der Waals surface area contributed by atoms with Gasteiger partial charge in [0, 0.05) is 24.6 Å². The maximum Gasteiger partial charge on any atom is 0.224 e. The van der Waals surface area contributed by atoms with Crippen molar-refractivity contribution in [2.24, 2.45) is 17.1 Å². The van der Waals surface area contributed by atoms with Crippen molar-refractivity contribution in [1.29, 1.82) is 0 Å². The number of hydrogen-bond acceptors (Lipinski definition) is 3. The smallest absolute Gasteiger partial charge is 0.224 e. The molecule has 2 rings (SSSR count). The highest BCUT2D eigenvalue weighted by Crippen LogP contribution is 2.51. The first-order valence-electron chi connectivity index (χ1n) is 7.89. The molecule has 1 aromatic rings. The van der Waals surface area contributed by atoms with Crippen molar-refractivity contribution >= 4 is 5.91 Å². The zero-order chi connectivity index (χ0) is 16.5. The van der Waals surface area contributed by atoms with Crippen LogP contribution in [-0.2, 0) is 9.53 Å². The van der Waals surface area contributed by atoms with Gasteiger partial charge in [-0.25, -0.2) is 0 Å². The zero-order valence-corrected chi connectivity index (χ0v) is 14.2. The SMILES string of the molecule is COC1(C)CC(NC(=O)C(C)C(N)c2ccccc2)C1(C)C. The number of nitrogens with one attached hydrogen (secondary N) is 1. The quantitative estimate of drug-likeness (QED) is 0.879. The second-order valence-corrected chi connectivity index (χ2v) is 7.15. The molecule has 1 aromatic carbocycles. The summed E-state index contributed by atoms with van der Waals surface area (Å²) in [6, 6.07) is 9.59. The molecular formula is C18H28N2O2. The van der Waals surface area contributed by atoms with Crippen LogP contribution >= 0.6 is 0 Å². The van der Waals surface area contributed by atoms with Crippen molar-refractivity contribution in [1.82, 2.24) is 5.32 Å². The lowest BCUT2D eigenvalue weighted by Crippen LogP contribution is -2.69. The van der Waals surface area contributed by atoms with Crippen LogP contribution < -0.4 is 11.1 Å². The maximum absolute atomic E-state index is 12.5. The van der Waals surface area contributed by atoms with Crippen LogP contribution in [0.25, 0.3) is 0 Å². The Morgan fingerprint density at radius 1 is 1.32 bits per heavy atom. The Morgan fingerprint density at radius 3 is 2.41 bits per heavy atom. The molecule has 0 heterocycles. The van der Waals surface area contributed by atoms with Crippen LogP contribution in [0.3, 0.4) is 0 Å². The van der Waals surface area contributed by atoms with Crippen LogP contribution in [0.4, 0.5) is 0 Å². The van der Waals surface area contributed by atoms with Crippen molar-refractivity contribution in [2.45, 2.75) is 51.8 Å². The number of benzene rings is 1. The molecule has 4 atom stereocenters. The lowest BCUT2D eigenvalue weighted by Gasteiger charge is -2.59. The van der Waals surface area contributed by atoms with Gasteiger partial charge in [0.15, 0.2) is 0 Å². The van der Waals surface area contributed by atoms with Gasteiger partial charge in [0.2, 0.25) is 5.91 Å². The van der Waals surface area contributed by atoms with E-state index in [1.165, 1.54) is 0 Å². The fourth-order valence-electron chi connectivity index (χ4n) is 3.15. The Kier molecular flexibility index (Phi) is 4.64. The molecule has 1 saturated carbocycles. The van der Waals surface area contributed by atoms with Gasteiger partial charge < -0.3 is 15.8 Å². The lowest BCUT2D eigenvalue weighted by molar-refractivity contribution is -0.183. The van der Waals surface area contributed by atoms with E-state index < -0.39 is 0 Å². The van der Waals surface area contributed by atoms with E-state index in [0.29, 0.717) is 0 Å². The van der Waals surface area contributed by atoms with Gasteiger partial charge in [0.05, 0.1) is 11.5 Å². The number of carbonyl (C=O) groups excluding carboxylic acids is 1. The Balaban J connectivity index is 1.99. The van der Waals surface area contributed by atoms with E-state index >= 15 is 0 Å². The molecule has 0 bridgehead atoms. The first-order chi connectivity index (χ1) is 10.2. The number of carbonyl (C=O) groups is 1. The predicted molar refractivity (Wildman–Crippen MR) is 88.3 cm³/mol. The summed E-state index contributed by atoms with van der Waals surface area (Å²) >= 11 is 0. The van der Waals surface area contributed by atoms with E-state index in [-0.39, 0.29) is 34.9 Å². The average molecular weight is 304 g/mol. The molecule has 1 aliphatic rings. The van der Waals surface area contributed by atoms with Crippen molar-refractivity contribution in [2.75, 3.05) is 7.11 Å². The monoisotopic (exact) mass is 304 g/mol. The highest BCUT2D eigenvalue weighted by Gasteiger charge is 2.58. The van der Waals surface area contributed by atoms with Crippen LogP contribution in [0, 0.1) is 11.3 Å². The third-order valence-electron chi connectivity index (χ3n) is 5.73. The van der Waals surface area contributed by atoms with Crippen LogP contribution in [-0.4, -0.2) is 24.7 Å². The molecule has 0 aliphatic heterocycles. The number of nitrogens with two attached hydrogens (primary N) is 1. The third kappa shape index (κ3) is 2.77. The van der Waals surface area contributed by atoms with Gasteiger partial charge in [-0.15, -0.1) is 0 Å². The summed E-state index contributed by atoms with van der Waals surface area (Å²) in [4.78, 5) is 12.5. The second kappa shape index (κ2) is 6.01. The largest absolute Gasteiger partial charge is 0.378 e. The Morgan fingerprint density at radius 2 is 1.91 bits per heavy atom. The fraction of sp³-hybridized carbons (Fsp3) is 0.611. The highest BCUT2D eigenvalue weighted by molar-refractivity contribution is 5.79. The number of amides is 1. The number of hydrogen-bond donors (Lipinski definition) is 2. The van der Waals surface area contributed by atoms with E-state index in [1.807, 2.05) is 37.3 Å². The van der Waals surface area contributed by atoms with Gasteiger partial charge in [-0.3, -0.25) is 4.79 Å². The van der Waals surface area contributed by atoms with Gasteiger partial charge in [-0.2, -0.15) is 0 Å². The van der Waals surface area contributed by atoms with Crippen LogP contribution in [0.5, 0.6) is 0 Å². The molecule has 0 aromatic heterocycles. The molecule has 1 amide bonds. The molecule has 4 heteroatoms. The van der Waals surface area contributed by atoms with E-state index in [4.69, 9.17) is 10.5 Å². The molecule has 0 saturated heterocycles. The summed E-state index contributed by atoms with van der Waals surface area (Å²) in [5.41, 5.74) is 6.95. The van der Waals surface area contributed by atoms with E-state index in [0.717, 1.165) is 12.0 Å². The summed E-state index contributed by atoms with van der Waals surface area (Å²) in [6.45, 7) is 8.24. The molecule has 0 spiro atoms. The molecule has 3 N–H and O–H groups in total. The molecule has 122 valence electrons. The lowest BCUT2D eigenvalue weighted by atomic mass is 9.55. The standard InChI is InChI=1S/C18H28N2O2/c1-12(15(19)13-9-7-6-8-10-13)16(21)20-14-11-18(4,22-5)17(14,2)3/h6-10,12,14-15H,11,19H2,1-5H3,(H,20,21). The summed E-state index contributed by atoms with van der Waals surface area (Å²) in [7, 11) is 1.73. The van der Waals surface area contributed by atoms with Gasteiger partial charge >= 0.3 is 0 Å². The van der Waals surface area contributed by atoms with Crippen molar-refractivity contribution in [3.8, 4) is 0 Å². The Hall–Kier alpha value is -1.39. The van der Waals surface area contributed by atoms with Gasteiger partial charge in [0.1, 0.15) is 0 Å². The van der Waals surface area contributed by atoms with Crippen LogP contribution in [0.1, 0.15) is 45.7 Å². The van der Waals surface area contributed by atoms with E-state index in [1.54, 1.807) is 7.11 Å². The number of ether oxygens (including phenoxy) is 1. The van der Waals surface area contributed by atoms with Crippen LogP contribution in [0.2, 0.25) is 0 Å². The minimum atomic E-state index is -0.293. The van der Waals surface area contributed by atoms with Crippen molar-refractivity contribution < 1.29 is 9.53 Å². The van der Waals surface area contributed by atoms with Gasteiger partial charge in [-0.05, 0) is 18.9 Å². The highest BCUT2D eigenvalue weighted by atomic mass is 16.5. The summed E-state index contributed by atoms with van der Waals surface area (Å²) in [6.07, 6.45) is 0.829. The zero-order valence-electron chi connectivity index (χ0n) is 14.2. The van der Waals surface area contributed by atoms with Gasteiger partial charge in [-0.1, -0.05) is 51.1 Å². The average Bonchev–Trinajstić information content (AvgIpc) is 2.53. The minimum Gasteiger partial charge on any atom is -0.378 e. The van der Waals surface area contributed by atoms with Gasteiger partial charge in [0.25, 0.3) is 0 Å². The minimum absolute atomic E-state index is 0.00702. The summed E-state index contributed by atoms with van der Waals surface area (Å²) in [5.74, 6) is -0.264. The first-order valence-corrected chi connectivity index (χ1v) is 7.89. The predicted octanol–water partition coefficient (Wildman–Crippen LogP) is 2.64. The van der Waals surface area contributed by atoms with E-state index in [9.17, 15) is 4.79 Å². The third-order valence-corrected chi connectivity index (χ3v) is 5.73. The fourth-order valence-corrected chi connectivity index (χ4v) is 3.15. The molecule has 1 aliphatic carbocycles. The van der Waals surface area contributed by atoms with E-state index in [2.05, 4.69) is 26.1 Å². The maximum atomic E-state index is 12.5. The molecular weight excluding hydrogens is 276 g/mol. The second-order valence-electron chi connectivity index (χ2n) is 7.15. The first kappa shape index (κ1) is 17.0. The number of methoxy groups -OCH3 is 1. The molecule has 1 fully saturated rings. The summed E-state index contributed by atoms with van der Waals surface area (Å²) in [5, 5.41) is 3.15. The molecule has 4 nitrogen and oxygen atoms in total. The molecule has 0 radical (unpaired) electrons. The normalized spacial score (nSPS) is 29.3.